The van der Waals surface area contributed by atoms with E-state index in [0.717, 1.165) is 49.3 Å². The fourth-order valence-electron chi connectivity index (χ4n) is 3.61. The van der Waals surface area contributed by atoms with E-state index in [4.69, 9.17) is 4.74 Å². The number of nitrogens with zero attached hydrogens (tertiary/aromatic N) is 1. The van der Waals surface area contributed by atoms with Gasteiger partial charge in [0.05, 0.1) is 18.9 Å². The number of fused-ring (bicyclic) bond motifs is 1. The molecule has 4 nitrogen and oxygen atoms in total. The molecule has 23 heavy (non-hydrogen) atoms. The molecule has 0 atom stereocenters. The van der Waals surface area contributed by atoms with Crippen molar-refractivity contribution in [3.63, 3.8) is 0 Å². The number of ether oxygens (including phenoxy) is 1. The lowest BCUT2D eigenvalue weighted by Crippen LogP contribution is -2.42. The summed E-state index contributed by atoms with van der Waals surface area (Å²) in [5.74, 6) is 1.69. The van der Waals surface area contributed by atoms with Crippen LogP contribution in [0, 0.1) is 15.4 Å². The van der Waals surface area contributed by atoms with Gasteiger partial charge in [0.2, 0.25) is 0 Å². The summed E-state index contributed by atoms with van der Waals surface area (Å²) < 4.78 is 6.58. The molecule has 0 radical (unpaired) electrons. The van der Waals surface area contributed by atoms with E-state index in [2.05, 4.69) is 44.9 Å². The van der Waals surface area contributed by atoms with Gasteiger partial charge in [0.15, 0.2) is 0 Å². The fraction of sp³-hybridized carbons (Fsp3) is 0.611. The molecule has 1 aromatic carbocycles. The number of rotatable bonds is 2. The maximum Gasteiger partial charge on any atom is 0.251 e. The van der Waals surface area contributed by atoms with Crippen LogP contribution >= 0.6 is 22.6 Å². The zero-order valence-electron chi connectivity index (χ0n) is 13.9. The van der Waals surface area contributed by atoms with Crippen molar-refractivity contribution in [1.29, 1.82) is 0 Å². The summed E-state index contributed by atoms with van der Waals surface area (Å²) in [5, 5.41) is 2.90. The first kappa shape index (κ1) is 17.0. The van der Waals surface area contributed by atoms with Crippen molar-refractivity contribution in [2.24, 2.45) is 11.8 Å². The molecule has 0 aromatic heterocycles. The third-order valence-corrected chi connectivity index (χ3v) is 5.93. The van der Waals surface area contributed by atoms with E-state index in [1.807, 2.05) is 13.8 Å². The van der Waals surface area contributed by atoms with E-state index < -0.39 is 0 Å². The average Bonchev–Trinajstić information content (AvgIpc) is 2.88. The van der Waals surface area contributed by atoms with Gasteiger partial charge in [0.25, 0.3) is 5.91 Å². The summed E-state index contributed by atoms with van der Waals surface area (Å²) in [6, 6.07) is 4.25. The van der Waals surface area contributed by atoms with Crippen LogP contribution in [0.4, 0.5) is 5.69 Å². The van der Waals surface area contributed by atoms with Gasteiger partial charge in [-0.2, -0.15) is 0 Å². The van der Waals surface area contributed by atoms with Crippen LogP contribution in [0.15, 0.2) is 12.1 Å². The van der Waals surface area contributed by atoms with Crippen molar-refractivity contribution in [2.75, 3.05) is 31.2 Å². The molecule has 0 spiro atoms. The SMILES string of the molecule is CC.O=C1NCc2cc(I)c(N3CCC(C4COC4)CC3)cc21. The van der Waals surface area contributed by atoms with E-state index in [9.17, 15) is 4.79 Å². The molecule has 0 aliphatic carbocycles. The number of benzene rings is 1. The highest BCUT2D eigenvalue weighted by Gasteiger charge is 2.32. The number of amides is 1. The second-order valence-corrected chi connectivity index (χ2v) is 7.43. The molecule has 0 saturated carbocycles. The lowest BCUT2D eigenvalue weighted by molar-refractivity contribution is -0.0650. The molecule has 2 saturated heterocycles. The van der Waals surface area contributed by atoms with Crippen molar-refractivity contribution >= 4 is 34.2 Å². The number of piperidine rings is 1. The smallest absolute Gasteiger partial charge is 0.251 e. The third kappa shape index (κ3) is 3.36. The molecular weight excluding hydrogens is 403 g/mol. The maximum absolute atomic E-state index is 11.9. The number of carbonyl (C=O) groups is 1. The zero-order chi connectivity index (χ0) is 16.4. The molecule has 0 unspecified atom stereocenters. The Morgan fingerprint density at radius 1 is 1.17 bits per heavy atom. The standard InChI is InChI=1S/C16H19IN2O2.C2H6/c17-14-5-11-7-18-16(20)13(11)6-15(14)19-3-1-10(2-4-19)12-8-21-9-12;1-2/h5-6,10,12H,1-4,7-9H2,(H,18,20);1-2H3. The lowest BCUT2D eigenvalue weighted by atomic mass is 9.83. The first-order chi connectivity index (χ1) is 11.2. The average molecular weight is 428 g/mol. The molecule has 1 aromatic rings. The summed E-state index contributed by atoms with van der Waals surface area (Å²) >= 11 is 2.40. The van der Waals surface area contributed by atoms with E-state index >= 15 is 0 Å². The largest absolute Gasteiger partial charge is 0.381 e. The van der Waals surface area contributed by atoms with Crippen molar-refractivity contribution in [3.05, 3.63) is 26.8 Å². The van der Waals surface area contributed by atoms with Gasteiger partial charge in [-0.05, 0) is 59.0 Å². The molecule has 3 heterocycles. The van der Waals surface area contributed by atoms with Crippen LogP contribution < -0.4 is 10.2 Å². The Morgan fingerprint density at radius 3 is 2.48 bits per heavy atom. The van der Waals surface area contributed by atoms with Crippen LogP contribution in [-0.4, -0.2) is 32.2 Å². The number of carbonyl (C=O) groups excluding carboxylic acids is 1. The molecular formula is C18H25IN2O2. The molecule has 1 N–H and O–H groups in total. The molecule has 1 amide bonds. The minimum Gasteiger partial charge on any atom is -0.381 e. The second-order valence-electron chi connectivity index (χ2n) is 6.27. The van der Waals surface area contributed by atoms with E-state index in [1.54, 1.807) is 0 Å². The topological polar surface area (TPSA) is 41.6 Å². The van der Waals surface area contributed by atoms with Gasteiger partial charge in [-0.3, -0.25) is 4.79 Å². The Labute approximate surface area is 152 Å². The summed E-state index contributed by atoms with van der Waals surface area (Å²) in [6.45, 7) is 8.78. The first-order valence-corrected chi connectivity index (χ1v) is 9.73. The molecule has 4 rings (SSSR count). The Balaban J connectivity index is 0.000000753. The van der Waals surface area contributed by atoms with Crippen LogP contribution in [0.5, 0.6) is 0 Å². The van der Waals surface area contributed by atoms with Crippen LogP contribution in [0.25, 0.3) is 0 Å². The quantitative estimate of drug-likeness (QED) is 0.735. The Kier molecular flexibility index (Phi) is 5.46. The number of halogens is 1. The van der Waals surface area contributed by atoms with Crippen molar-refractivity contribution < 1.29 is 9.53 Å². The van der Waals surface area contributed by atoms with Gasteiger partial charge >= 0.3 is 0 Å². The molecule has 3 aliphatic rings. The minimum atomic E-state index is 0.0733. The summed E-state index contributed by atoms with van der Waals surface area (Å²) in [4.78, 5) is 14.3. The van der Waals surface area contributed by atoms with Crippen molar-refractivity contribution in [2.45, 2.75) is 33.2 Å². The Bertz CT molecular complexity index is 579. The first-order valence-electron chi connectivity index (χ1n) is 8.65. The fourth-order valence-corrected chi connectivity index (χ4v) is 4.48. The summed E-state index contributed by atoms with van der Waals surface area (Å²) in [7, 11) is 0. The minimum absolute atomic E-state index is 0.0733. The number of hydrogen-bond donors (Lipinski definition) is 1. The lowest BCUT2D eigenvalue weighted by Gasteiger charge is -2.40. The highest BCUT2D eigenvalue weighted by Crippen LogP contribution is 2.35. The number of hydrogen-bond acceptors (Lipinski definition) is 3. The zero-order valence-corrected chi connectivity index (χ0v) is 16.1. The monoisotopic (exact) mass is 428 g/mol. The molecule has 126 valence electrons. The van der Waals surface area contributed by atoms with Crippen LogP contribution in [-0.2, 0) is 11.3 Å². The van der Waals surface area contributed by atoms with Gasteiger partial charge in [0, 0.05) is 34.7 Å². The van der Waals surface area contributed by atoms with E-state index in [1.165, 1.54) is 22.1 Å². The molecule has 2 fully saturated rings. The normalized spacial score (nSPS) is 21.2. The number of nitrogens with one attached hydrogen (secondary N) is 1. The summed E-state index contributed by atoms with van der Waals surface area (Å²) in [6.07, 6.45) is 2.49. The van der Waals surface area contributed by atoms with Gasteiger partial charge < -0.3 is 15.0 Å². The van der Waals surface area contributed by atoms with Gasteiger partial charge in [-0.1, -0.05) is 13.8 Å². The van der Waals surface area contributed by atoms with E-state index in [-0.39, 0.29) is 5.91 Å². The van der Waals surface area contributed by atoms with E-state index in [0.29, 0.717) is 6.54 Å². The predicted molar refractivity (Wildman–Crippen MR) is 101 cm³/mol. The van der Waals surface area contributed by atoms with Gasteiger partial charge in [0.1, 0.15) is 0 Å². The molecule has 0 bridgehead atoms. The van der Waals surface area contributed by atoms with Crippen LogP contribution in [0.1, 0.15) is 42.6 Å². The molecule has 5 heteroatoms. The van der Waals surface area contributed by atoms with Crippen molar-refractivity contribution in [1.82, 2.24) is 5.32 Å². The predicted octanol–water partition coefficient (Wildman–Crippen LogP) is 3.42. The highest BCUT2D eigenvalue weighted by atomic mass is 127. The van der Waals surface area contributed by atoms with Crippen LogP contribution in [0.2, 0.25) is 0 Å². The van der Waals surface area contributed by atoms with Crippen molar-refractivity contribution in [3.8, 4) is 0 Å². The number of anilines is 1. The van der Waals surface area contributed by atoms with Gasteiger partial charge in [-0.25, -0.2) is 0 Å². The summed E-state index contributed by atoms with van der Waals surface area (Å²) in [5.41, 5.74) is 3.23. The maximum atomic E-state index is 11.9. The Morgan fingerprint density at radius 2 is 1.87 bits per heavy atom. The highest BCUT2D eigenvalue weighted by molar-refractivity contribution is 14.1. The Hall–Kier alpha value is -0.820. The molecule has 3 aliphatic heterocycles. The van der Waals surface area contributed by atoms with Crippen LogP contribution in [0.3, 0.4) is 0 Å². The van der Waals surface area contributed by atoms with Gasteiger partial charge in [-0.15, -0.1) is 0 Å². The third-order valence-electron chi connectivity index (χ3n) is 5.07. The second kappa shape index (κ2) is 7.38.